The Kier molecular flexibility index (Phi) is 7.11. The van der Waals surface area contributed by atoms with Gasteiger partial charge in [0, 0.05) is 5.56 Å². The van der Waals surface area contributed by atoms with Gasteiger partial charge < -0.3 is 0 Å². The SMILES string of the molecule is CCc1ccc(C(=O)NNC(=O)[C@H](NS(=O)(=O)c2cccs2)C(C)C)cc1. The Morgan fingerprint density at radius 3 is 2.26 bits per heavy atom. The van der Waals surface area contributed by atoms with Gasteiger partial charge in [0.2, 0.25) is 0 Å². The van der Waals surface area contributed by atoms with E-state index in [9.17, 15) is 18.0 Å². The highest BCUT2D eigenvalue weighted by molar-refractivity contribution is 7.91. The number of carbonyl (C=O) groups is 2. The summed E-state index contributed by atoms with van der Waals surface area (Å²) in [5.74, 6) is -1.43. The van der Waals surface area contributed by atoms with E-state index in [2.05, 4.69) is 15.6 Å². The third-order valence-electron chi connectivity index (χ3n) is 3.91. The molecule has 0 aliphatic heterocycles. The lowest BCUT2D eigenvalue weighted by molar-refractivity contribution is -0.124. The summed E-state index contributed by atoms with van der Waals surface area (Å²) in [5.41, 5.74) is 6.11. The molecule has 1 aromatic carbocycles. The molecular formula is C18H23N3O4S2. The zero-order chi connectivity index (χ0) is 20.0. The van der Waals surface area contributed by atoms with Crippen molar-refractivity contribution in [2.24, 2.45) is 5.92 Å². The van der Waals surface area contributed by atoms with Gasteiger partial charge in [-0.2, -0.15) is 4.72 Å². The minimum Gasteiger partial charge on any atom is -0.271 e. The van der Waals surface area contributed by atoms with E-state index < -0.39 is 27.9 Å². The molecule has 9 heteroatoms. The number of rotatable bonds is 7. The van der Waals surface area contributed by atoms with Gasteiger partial charge in [0.1, 0.15) is 10.3 Å². The van der Waals surface area contributed by atoms with Gasteiger partial charge in [-0.1, -0.05) is 39.0 Å². The van der Waals surface area contributed by atoms with Crippen molar-refractivity contribution in [3.8, 4) is 0 Å². The summed E-state index contributed by atoms with van der Waals surface area (Å²) >= 11 is 1.06. The van der Waals surface area contributed by atoms with Crippen molar-refractivity contribution in [3.05, 3.63) is 52.9 Å². The number of hydrogen-bond donors (Lipinski definition) is 3. The third-order valence-corrected chi connectivity index (χ3v) is 6.75. The molecule has 1 aromatic heterocycles. The first kappa shape index (κ1) is 21.1. The molecule has 0 fully saturated rings. The van der Waals surface area contributed by atoms with Crippen molar-refractivity contribution < 1.29 is 18.0 Å². The van der Waals surface area contributed by atoms with Crippen LogP contribution in [0.25, 0.3) is 0 Å². The number of sulfonamides is 1. The van der Waals surface area contributed by atoms with Crippen molar-refractivity contribution in [2.75, 3.05) is 0 Å². The van der Waals surface area contributed by atoms with E-state index in [1.165, 1.54) is 6.07 Å². The van der Waals surface area contributed by atoms with Crippen LogP contribution in [-0.2, 0) is 21.2 Å². The minimum atomic E-state index is -3.81. The lowest BCUT2D eigenvalue weighted by Crippen LogP contribution is -2.54. The van der Waals surface area contributed by atoms with Crippen LogP contribution in [0.15, 0.2) is 46.0 Å². The van der Waals surface area contributed by atoms with Crippen LogP contribution in [0.4, 0.5) is 0 Å². The number of benzene rings is 1. The molecular weight excluding hydrogens is 386 g/mol. The van der Waals surface area contributed by atoms with E-state index in [4.69, 9.17) is 0 Å². The highest BCUT2D eigenvalue weighted by Crippen LogP contribution is 2.17. The maximum atomic E-state index is 12.4. The highest BCUT2D eigenvalue weighted by Gasteiger charge is 2.29. The largest absolute Gasteiger partial charge is 0.271 e. The summed E-state index contributed by atoms with van der Waals surface area (Å²) < 4.78 is 27.2. The van der Waals surface area contributed by atoms with E-state index in [0.717, 1.165) is 23.3 Å². The van der Waals surface area contributed by atoms with Gasteiger partial charge in [0.05, 0.1) is 0 Å². The molecule has 2 aromatic rings. The molecule has 2 amide bonds. The first-order valence-electron chi connectivity index (χ1n) is 8.49. The topological polar surface area (TPSA) is 104 Å². The second-order valence-electron chi connectivity index (χ2n) is 6.27. The molecule has 0 saturated heterocycles. The average Bonchev–Trinajstić information content (AvgIpc) is 3.19. The van der Waals surface area contributed by atoms with Gasteiger partial charge in [0.25, 0.3) is 21.8 Å². The maximum Gasteiger partial charge on any atom is 0.269 e. The molecule has 0 unspecified atom stereocenters. The Morgan fingerprint density at radius 1 is 1.07 bits per heavy atom. The summed E-state index contributed by atoms with van der Waals surface area (Å²) in [7, 11) is -3.81. The number of nitrogens with one attached hydrogen (secondary N) is 3. The van der Waals surface area contributed by atoms with E-state index in [1.54, 1.807) is 37.4 Å². The van der Waals surface area contributed by atoms with Crippen molar-refractivity contribution in [1.29, 1.82) is 0 Å². The normalized spacial score (nSPS) is 12.6. The monoisotopic (exact) mass is 409 g/mol. The van der Waals surface area contributed by atoms with Crippen LogP contribution < -0.4 is 15.6 Å². The molecule has 7 nitrogen and oxygen atoms in total. The Morgan fingerprint density at radius 2 is 1.74 bits per heavy atom. The van der Waals surface area contributed by atoms with E-state index in [-0.39, 0.29) is 10.1 Å². The summed E-state index contributed by atoms with van der Waals surface area (Å²) in [6.07, 6.45) is 0.860. The number of carbonyl (C=O) groups excluding carboxylic acids is 2. The molecule has 2 rings (SSSR count). The number of aryl methyl sites for hydroxylation is 1. The lowest BCUT2D eigenvalue weighted by atomic mass is 10.1. The highest BCUT2D eigenvalue weighted by atomic mass is 32.2. The van der Waals surface area contributed by atoms with Gasteiger partial charge in [-0.05, 0) is 41.5 Å². The molecule has 0 spiro atoms. The number of hydrogen-bond acceptors (Lipinski definition) is 5. The zero-order valence-corrected chi connectivity index (χ0v) is 17.0. The van der Waals surface area contributed by atoms with Gasteiger partial charge >= 0.3 is 0 Å². The average molecular weight is 410 g/mol. The fraction of sp³-hybridized carbons (Fsp3) is 0.333. The van der Waals surface area contributed by atoms with Crippen LogP contribution in [0.3, 0.4) is 0 Å². The van der Waals surface area contributed by atoms with Crippen LogP contribution in [-0.4, -0.2) is 26.3 Å². The van der Waals surface area contributed by atoms with Crippen molar-refractivity contribution in [3.63, 3.8) is 0 Å². The van der Waals surface area contributed by atoms with Crippen molar-refractivity contribution in [1.82, 2.24) is 15.6 Å². The van der Waals surface area contributed by atoms with Gasteiger partial charge in [-0.15, -0.1) is 11.3 Å². The molecule has 0 aliphatic carbocycles. The second kappa shape index (κ2) is 9.12. The quantitative estimate of drug-likeness (QED) is 0.609. The molecule has 0 saturated carbocycles. The molecule has 0 radical (unpaired) electrons. The molecule has 3 N–H and O–H groups in total. The van der Waals surface area contributed by atoms with Crippen LogP contribution >= 0.6 is 11.3 Å². The Balaban J connectivity index is 2.01. The Bertz CT molecular complexity index is 876. The lowest BCUT2D eigenvalue weighted by Gasteiger charge is -2.21. The fourth-order valence-electron chi connectivity index (χ4n) is 2.29. The fourth-order valence-corrected chi connectivity index (χ4v) is 4.65. The van der Waals surface area contributed by atoms with E-state index >= 15 is 0 Å². The van der Waals surface area contributed by atoms with Crippen LogP contribution in [0.5, 0.6) is 0 Å². The second-order valence-corrected chi connectivity index (χ2v) is 9.16. The number of thiophene rings is 1. The summed E-state index contributed by atoms with van der Waals surface area (Å²) in [6, 6.07) is 9.06. The molecule has 0 aliphatic rings. The van der Waals surface area contributed by atoms with E-state index in [0.29, 0.717) is 5.56 Å². The van der Waals surface area contributed by atoms with Gasteiger partial charge in [0.15, 0.2) is 0 Å². The molecule has 27 heavy (non-hydrogen) atoms. The number of amides is 2. The van der Waals surface area contributed by atoms with Gasteiger partial charge in [-0.25, -0.2) is 8.42 Å². The van der Waals surface area contributed by atoms with Gasteiger partial charge in [-0.3, -0.25) is 20.4 Å². The molecule has 146 valence electrons. The third kappa shape index (κ3) is 5.62. The van der Waals surface area contributed by atoms with Crippen LogP contribution in [0.1, 0.15) is 36.7 Å². The van der Waals surface area contributed by atoms with Crippen molar-refractivity contribution in [2.45, 2.75) is 37.4 Å². The first-order valence-corrected chi connectivity index (χ1v) is 10.9. The first-order chi connectivity index (χ1) is 12.7. The maximum absolute atomic E-state index is 12.4. The van der Waals surface area contributed by atoms with Crippen LogP contribution in [0.2, 0.25) is 0 Å². The summed E-state index contributed by atoms with van der Waals surface area (Å²) in [6.45, 7) is 5.44. The van der Waals surface area contributed by atoms with E-state index in [1.807, 2.05) is 19.1 Å². The Hall–Kier alpha value is -2.23. The predicted octanol–water partition coefficient (Wildman–Crippen LogP) is 2.07. The minimum absolute atomic E-state index is 0.126. The van der Waals surface area contributed by atoms with Crippen molar-refractivity contribution >= 4 is 33.2 Å². The summed E-state index contributed by atoms with van der Waals surface area (Å²) in [4.78, 5) is 24.6. The smallest absolute Gasteiger partial charge is 0.269 e. The Labute approximate surface area is 163 Å². The molecule has 0 bridgehead atoms. The molecule has 1 heterocycles. The number of hydrazine groups is 1. The summed E-state index contributed by atoms with van der Waals surface area (Å²) in [5, 5.41) is 1.64. The molecule has 1 atom stereocenters. The standard InChI is InChI=1S/C18H23N3O4S2/c1-4-13-7-9-14(10-8-13)17(22)19-20-18(23)16(12(2)3)21-27(24,25)15-6-5-11-26-15/h5-12,16,21H,4H2,1-3H3,(H,19,22)(H,20,23)/t16-/m1/s1. The zero-order valence-electron chi connectivity index (χ0n) is 15.4. The van der Waals surface area contributed by atoms with Crippen LogP contribution in [0, 0.1) is 5.92 Å². The predicted molar refractivity (Wildman–Crippen MR) is 105 cm³/mol.